The fourth-order valence-corrected chi connectivity index (χ4v) is 4.38. The average Bonchev–Trinajstić information content (AvgIpc) is 3.26. The molecule has 0 radical (unpaired) electrons. The Morgan fingerprint density at radius 3 is 2.45 bits per heavy atom. The smallest absolute Gasteiger partial charge is 0.193 e. The third-order valence-electron chi connectivity index (χ3n) is 6.00. The molecule has 2 aliphatic heterocycles. The third-order valence-corrected chi connectivity index (χ3v) is 6.00. The molecule has 2 aliphatic rings. The Kier molecular flexibility index (Phi) is 9.98. The van der Waals surface area contributed by atoms with Crippen LogP contribution < -0.4 is 10.1 Å². The lowest BCUT2D eigenvalue weighted by molar-refractivity contribution is -0.0166. The molecule has 1 aromatic rings. The van der Waals surface area contributed by atoms with Crippen LogP contribution in [0, 0.1) is 0 Å². The normalized spacial score (nSPS) is 19.5. The van der Waals surface area contributed by atoms with Crippen molar-refractivity contribution in [3.63, 3.8) is 0 Å². The van der Waals surface area contributed by atoms with Gasteiger partial charge < -0.3 is 19.7 Å². The first-order chi connectivity index (χ1) is 13.7. The van der Waals surface area contributed by atoms with Gasteiger partial charge in [0.2, 0.25) is 0 Å². The van der Waals surface area contributed by atoms with Crippen molar-refractivity contribution in [2.75, 3.05) is 53.6 Å². The molecular formula is C22H37IN4O2. The van der Waals surface area contributed by atoms with E-state index in [9.17, 15) is 0 Å². The summed E-state index contributed by atoms with van der Waals surface area (Å²) in [5.74, 6) is 1.86. The van der Waals surface area contributed by atoms with E-state index in [1.54, 1.807) is 0 Å². The van der Waals surface area contributed by atoms with Gasteiger partial charge in [-0.2, -0.15) is 0 Å². The monoisotopic (exact) mass is 516 g/mol. The summed E-state index contributed by atoms with van der Waals surface area (Å²) in [6.07, 6.45) is 4.82. The zero-order valence-corrected chi connectivity index (χ0v) is 20.5. The molecule has 0 atom stereocenters. The van der Waals surface area contributed by atoms with Gasteiger partial charge in [-0.25, -0.2) is 0 Å². The van der Waals surface area contributed by atoms with E-state index in [0.29, 0.717) is 6.61 Å². The Morgan fingerprint density at radius 1 is 1.21 bits per heavy atom. The quantitative estimate of drug-likeness (QED) is 0.342. The van der Waals surface area contributed by atoms with E-state index in [2.05, 4.69) is 39.3 Å². The predicted molar refractivity (Wildman–Crippen MR) is 129 cm³/mol. The number of hydrogen-bond donors (Lipinski definition) is 1. The minimum absolute atomic E-state index is 0. The lowest BCUT2D eigenvalue weighted by atomic mass is 9.88. The van der Waals surface area contributed by atoms with Crippen LogP contribution in [0.2, 0.25) is 0 Å². The van der Waals surface area contributed by atoms with Crippen LogP contribution in [0.25, 0.3) is 0 Å². The van der Waals surface area contributed by atoms with E-state index in [4.69, 9.17) is 9.47 Å². The number of hydrogen-bond acceptors (Lipinski definition) is 4. The molecule has 1 aromatic carbocycles. The summed E-state index contributed by atoms with van der Waals surface area (Å²) < 4.78 is 11.2. The second-order valence-corrected chi connectivity index (χ2v) is 7.86. The maximum atomic E-state index is 5.67. The van der Waals surface area contributed by atoms with Crippen molar-refractivity contribution in [1.29, 1.82) is 0 Å². The van der Waals surface area contributed by atoms with Crippen LogP contribution in [0.1, 0.15) is 38.2 Å². The van der Waals surface area contributed by atoms with Gasteiger partial charge in [-0.05, 0) is 63.4 Å². The van der Waals surface area contributed by atoms with Crippen LogP contribution in [0.15, 0.2) is 29.3 Å². The molecule has 2 heterocycles. The highest BCUT2D eigenvalue weighted by Gasteiger charge is 2.39. The van der Waals surface area contributed by atoms with Crippen molar-refractivity contribution >= 4 is 29.9 Å². The van der Waals surface area contributed by atoms with Gasteiger partial charge in [0.1, 0.15) is 5.75 Å². The molecule has 0 aromatic heterocycles. The molecule has 2 fully saturated rings. The molecule has 0 bridgehead atoms. The molecule has 6 nitrogen and oxygen atoms in total. The van der Waals surface area contributed by atoms with Gasteiger partial charge in [-0.3, -0.25) is 9.89 Å². The summed E-state index contributed by atoms with van der Waals surface area (Å²) in [5, 5.41) is 3.66. The first-order valence-corrected chi connectivity index (χ1v) is 10.6. The maximum Gasteiger partial charge on any atom is 0.193 e. The van der Waals surface area contributed by atoms with Crippen LogP contribution in [-0.4, -0.2) is 74.8 Å². The number of nitrogens with zero attached hydrogens (tertiary/aromatic N) is 3. The molecular weight excluding hydrogens is 479 g/mol. The Labute approximate surface area is 193 Å². The topological polar surface area (TPSA) is 49.3 Å². The van der Waals surface area contributed by atoms with E-state index >= 15 is 0 Å². The molecule has 0 spiro atoms. The van der Waals surface area contributed by atoms with E-state index in [1.165, 1.54) is 31.5 Å². The summed E-state index contributed by atoms with van der Waals surface area (Å²) in [6.45, 7) is 8.58. The summed E-state index contributed by atoms with van der Waals surface area (Å²) in [6, 6.07) is 8.32. The SMILES string of the molecule is CCOc1ccc(CN(C)C(=NC)NCC2(N3CCCC3)CCOCC2)cc1.I. The van der Waals surface area contributed by atoms with Crippen molar-refractivity contribution < 1.29 is 9.47 Å². The van der Waals surface area contributed by atoms with Gasteiger partial charge in [0.05, 0.1) is 6.61 Å². The van der Waals surface area contributed by atoms with E-state index < -0.39 is 0 Å². The average molecular weight is 516 g/mol. The van der Waals surface area contributed by atoms with E-state index in [-0.39, 0.29) is 29.5 Å². The number of benzene rings is 1. The lowest BCUT2D eigenvalue weighted by Crippen LogP contribution is -2.58. The van der Waals surface area contributed by atoms with Gasteiger partial charge >= 0.3 is 0 Å². The first-order valence-electron chi connectivity index (χ1n) is 10.6. The number of likely N-dealkylation sites (tertiary alicyclic amines) is 1. The number of rotatable bonds is 7. The Morgan fingerprint density at radius 2 is 1.86 bits per heavy atom. The van der Waals surface area contributed by atoms with Crippen molar-refractivity contribution in [2.24, 2.45) is 4.99 Å². The first kappa shape index (κ1) is 24.2. The largest absolute Gasteiger partial charge is 0.494 e. The Hall–Kier alpha value is -1.06. The minimum atomic E-state index is 0. The second-order valence-electron chi connectivity index (χ2n) is 7.86. The lowest BCUT2D eigenvalue weighted by Gasteiger charge is -2.45. The number of ether oxygens (including phenoxy) is 2. The van der Waals surface area contributed by atoms with Gasteiger partial charge in [0.25, 0.3) is 0 Å². The van der Waals surface area contributed by atoms with Crippen molar-refractivity contribution in [1.82, 2.24) is 15.1 Å². The van der Waals surface area contributed by atoms with Gasteiger partial charge in [0, 0.05) is 45.9 Å². The number of halogens is 1. The molecule has 0 unspecified atom stereocenters. The summed E-state index contributed by atoms with van der Waals surface area (Å²) >= 11 is 0. The van der Waals surface area contributed by atoms with Crippen molar-refractivity contribution in [3.05, 3.63) is 29.8 Å². The van der Waals surface area contributed by atoms with Gasteiger partial charge in [0.15, 0.2) is 5.96 Å². The number of nitrogens with one attached hydrogen (secondary N) is 1. The highest BCUT2D eigenvalue weighted by molar-refractivity contribution is 14.0. The summed E-state index contributed by atoms with van der Waals surface area (Å²) in [5.41, 5.74) is 1.44. The van der Waals surface area contributed by atoms with Gasteiger partial charge in [-0.15, -0.1) is 24.0 Å². The van der Waals surface area contributed by atoms with E-state index in [0.717, 1.165) is 50.9 Å². The Balaban J connectivity index is 0.00000300. The molecule has 29 heavy (non-hydrogen) atoms. The second kappa shape index (κ2) is 12.0. The molecule has 7 heteroatoms. The number of guanidine groups is 1. The standard InChI is InChI=1S/C22H36N4O2.HI/c1-4-28-20-9-7-19(8-10-20)17-25(3)21(23-2)24-18-22(11-15-27-16-12-22)26-13-5-6-14-26;/h7-10H,4-6,11-18H2,1-3H3,(H,23,24);1H. The molecule has 1 N–H and O–H groups in total. The molecule has 0 aliphatic carbocycles. The highest BCUT2D eigenvalue weighted by atomic mass is 127. The Bertz CT molecular complexity index is 626. The zero-order valence-electron chi connectivity index (χ0n) is 18.2. The zero-order chi connectivity index (χ0) is 19.8. The highest BCUT2D eigenvalue weighted by Crippen LogP contribution is 2.30. The number of aliphatic imine (C=N–C) groups is 1. The summed E-state index contributed by atoms with van der Waals surface area (Å²) in [7, 11) is 3.96. The van der Waals surface area contributed by atoms with E-state index in [1.807, 2.05) is 26.1 Å². The molecule has 0 saturated carbocycles. The van der Waals surface area contributed by atoms with Crippen LogP contribution >= 0.6 is 24.0 Å². The fourth-order valence-electron chi connectivity index (χ4n) is 4.38. The molecule has 3 rings (SSSR count). The molecule has 2 saturated heterocycles. The van der Waals surface area contributed by atoms with Crippen LogP contribution in [0.3, 0.4) is 0 Å². The maximum absolute atomic E-state index is 5.67. The minimum Gasteiger partial charge on any atom is -0.494 e. The van der Waals surface area contributed by atoms with Crippen LogP contribution in [-0.2, 0) is 11.3 Å². The van der Waals surface area contributed by atoms with Gasteiger partial charge in [-0.1, -0.05) is 12.1 Å². The molecule has 0 amide bonds. The van der Waals surface area contributed by atoms with Crippen molar-refractivity contribution in [2.45, 2.75) is 44.7 Å². The third kappa shape index (κ3) is 6.46. The summed E-state index contributed by atoms with van der Waals surface area (Å²) in [4.78, 5) is 9.40. The fraction of sp³-hybridized carbons (Fsp3) is 0.682. The molecule has 164 valence electrons. The van der Waals surface area contributed by atoms with Crippen LogP contribution in [0.5, 0.6) is 5.75 Å². The predicted octanol–water partition coefficient (Wildman–Crippen LogP) is 3.36. The van der Waals surface area contributed by atoms with Crippen LogP contribution in [0.4, 0.5) is 0 Å². The van der Waals surface area contributed by atoms with Crippen molar-refractivity contribution in [3.8, 4) is 5.75 Å².